The largest absolute Gasteiger partial charge is 0.305 e. The average molecular weight is 382 g/mol. The van der Waals surface area contributed by atoms with Gasteiger partial charge >= 0.3 is 0 Å². The van der Waals surface area contributed by atoms with Gasteiger partial charge in [0.1, 0.15) is 0 Å². The van der Waals surface area contributed by atoms with Gasteiger partial charge in [0.25, 0.3) is 0 Å². The normalized spacial score (nSPS) is 11.1. The molecule has 0 aliphatic heterocycles. The minimum Gasteiger partial charge on any atom is -0.305 e. The molecule has 4 aromatic rings. The second-order valence-electron chi connectivity index (χ2n) is 6.53. The number of carbonyl (C=O) groups is 1. The van der Waals surface area contributed by atoms with E-state index in [-0.39, 0.29) is 5.52 Å². The fourth-order valence-corrected chi connectivity index (χ4v) is 5.74. The zero-order valence-corrected chi connectivity index (χ0v) is 16.1. The van der Waals surface area contributed by atoms with Gasteiger partial charge in [-0.25, -0.2) is 0 Å². The summed E-state index contributed by atoms with van der Waals surface area (Å²) in [5.74, 6) is 0. The van der Waals surface area contributed by atoms with Gasteiger partial charge in [-0.2, -0.15) is 0 Å². The summed E-state index contributed by atoms with van der Waals surface area (Å²) in [7, 11) is -3.46. The molecule has 0 aliphatic carbocycles. The molecule has 0 spiro atoms. The lowest BCUT2D eigenvalue weighted by molar-refractivity contribution is 0.107. The molecule has 0 radical (unpaired) electrons. The summed E-state index contributed by atoms with van der Waals surface area (Å²) in [6, 6.07) is 35.4. The van der Waals surface area contributed by atoms with Crippen LogP contribution >= 0.6 is 7.14 Å². The first-order valence-corrected chi connectivity index (χ1v) is 10.8. The first-order valence-electron chi connectivity index (χ1n) is 9.11. The molecule has 0 aliphatic rings. The van der Waals surface area contributed by atoms with Crippen molar-refractivity contribution in [2.75, 3.05) is 0 Å². The summed E-state index contributed by atoms with van der Waals surface area (Å²) in [5, 5.41) is 1.11. The van der Waals surface area contributed by atoms with Gasteiger partial charge in [0.2, 0.25) is 12.7 Å². The second kappa shape index (κ2) is 7.80. The van der Waals surface area contributed by atoms with Crippen LogP contribution < -0.4 is 10.6 Å². The van der Waals surface area contributed by atoms with Crippen LogP contribution in [0.2, 0.25) is 0 Å². The molecule has 4 aromatic carbocycles. The van der Waals surface area contributed by atoms with Gasteiger partial charge < -0.3 is 4.57 Å². The summed E-state index contributed by atoms with van der Waals surface area (Å²) in [6.45, 7) is 0. The fraction of sp³-hybridized carbons (Fsp3) is 0. The minimum absolute atomic E-state index is 0.343. The maximum atomic E-state index is 14.1. The van der Waals surface area contributed by atoms with Crippen molar-refractivity contribution in [2.45, 2.75) is 0 Å². The van der Waals surface area contributed by atoms with Crippen LogP contribution in [0.4, 0.5) is 0 Å². The Hall–Kier alpha value is -3.22. The van der Waals surface area contributed by atoms with Gasteiger partial charge in [-0.1, -0.05) is 115 Å². The van der Waals surface area contributed by atoms with Crippen molar-refractivity contribution in [2.24, 2.45) is 0 Å². The lowest BCUT2D eigenvalue weighted by atomic mass is 10.0. The lowest BCUT2D eigenvalue weighted by Gasteiger charge is -2.18. The topological polar surface area (TPSA) is 34.1 Å². The third kappa shape index (κ3) is 3.35. The van der Waals surface area contributed by atoms with E-state index in [1.807, 2.05) is 78.9 Å². The smallest absolute Gasteiger partial charge is 0.230 e. The number of benzene rings is 4. The van der Waals surface area contributed by atoms with Gasteiger partial charge in [-0.05, 0) is 11.1 Å². The van der Waals surface area contributed by atoms with Crippen molar-refractivity contribution in [3.05, 3.63) is 121 Å². The quantitative estimate of drug-likeness (QED) is 0.427. The SMILES string of the molecule is O=C(c1ccc(-c2ccccc2)cc1)P(=O)(c1ccccc1)c1ccccc1. The average Bonchev–Trinajstić information content (AvgIpc) is 2.80. The number of hydrogen-bond donors (Lipinski definition) is 0. The Labute approximate surface area is 164 Å². The zero-order chi connectivity index (χ0) is 19.4. The Morgan fingerprint density at radius 3 is 1.36 bits per heavy atom. The van der Waals surface area contributed by atoms with Crippen LogP contribution in [0.5, 0.6) is 0 Å². The van der Waals surface area contributed by atoms with E-state index in [0.29, 0.717) is 16.2 Å². The first kappa shape index (κ1) is 18.2. The highest BCUT2D eigenvalue weighted by atomic mass is 31.2. The van der Waals surface area contributed by atoms with Gasteiger partial charge in [-0.3, -0.25) is 4.79 Å². The van der Waals surface area contributed by atoms with Gasteiger partial charge in [0.05, 0.1) is 0 Å². The van der Waals surface area contributed by atoms with Crippen LogP contribution in [0.1, 0.15) is 10.4 Å². The maximum Gasteiger partial charge on any atom is 0.230 e. The molecule has 3 heteroatoms. The van der Waals surface area contributed by atoms with Crippen molar-refractivity contribution in [1.29, 1.82) is 0 Å². The van der Waals surface area contributed by atoms with Crippen LogP contribution in [-0.4, -0.2) is 5.52 Å². The van der Waals surface area contributed by atoms with Crippen molar-refractivity contribution in [1.82, 2.24) is 0 Å². The van der Waals surface area contributed by atoms with Crippen LogP contribution in [0.3, 0.4) is 0 Å². The molecule has 2 nitrogen and oxygen atoms in total. The third-order valence-corrected chi connectivity index (χ3v) is 7.65. The molecule has 0 atom stereocenters. The summed E-state index contributed by atoms with van der Waals surface area (Å²) in [4.78, 5) is 13.5. The number of rotatable bonds is 5. The highest BCUT2D eigenvalue weighted by Gasteiger charge is 2.36. The van der Waals surface area contributed by atoms with Gasteiger partial charge in [0, 0.05) is 16.2 Å². The van der Waals surface area contributed by atoms with Crippen molar-refractivity contribution in [3.8, 4) is 11.1 Å². The molecule has 0 heterocycles. The van der Waals surface area contributed by atoms with E-state index < -0.39 is 7.14 Å². The molecule has 136 valence electrons. The highest BCUT2D eigenvalue weighted by molar-refractivity contribution is 7.93. The molecule has 0 unspecified atom stereocenters. The zero-order valence-electron chi connectivity index (χ0n) is 15.2. The summed E-state index contributed by atoms with van der Waals surface area (Å²) in [6.07, 6.45) is 0. The van der Waals surface area contributed by atoms with E-state index in [2.05, 4.69) is 0 Å². The maximum absolute atomic E-state index is 14.1. The summed E-state index contributed by atoms with van der Waals surface area (Å²) < 4.78 is 14.1. The molecule has 28 heavy (non-hydrogen) atoms. The molecule has 0 saturated carbocycles. The van der Waals surface area contributed by atoms with Gasteiger partial charge in [0.15, 0.2) is 0 Å². The van der Waals surface area contributed by atoms with Crippen molar-refractivity contribution >= 4 is 23.3 Å². The van der Waals surface area contributed by atoms with E-state index in [1.165, 1.54) is 0 Å². The predicted octanol–water partition coefficient (Wildman–Crippen LogP) is 5.51. The fourth-order valence-electron chi connectivity index (χ4n) is 3.28. The first-order chi connectivity index (χ1) is 13.7. The van der Waals surface area contributed by atoms with Crippen LogP contribution in [0.15, 0.2) is 115 Å². The summed E-state index contributed by atoms with van der Waals surface area (Å²) in [5.41, 5.74) is 2.21. The Morgan fingerprint density at radius 1 is 0.500 bits per heavy atom. The molecule has 0 bridgehead atoms. The standard InChI is InChI=1S/C25H19O2P/c26-25(22-18-16-21(17-19-22)20-10-4-1-5-11-20)28(27,23-12-6-2-7-13-23)24-14-8-3-9-15-24/h1-19H. The van der Waals surface area contributed by atoms with E-state index in [4.69, 9.17) is 0 Å². The van der Waals surface area contributed by atoms with E-state index >= 15 is 0 Å². The summed E-state index contributed by atoms with van der Waals surface area (Å²) >= 11 is 0. The van der Waals surface area contributed by atoms with E-state index in [0.717, 1.165) is 11.1 Å². The lowest BCUT2D eigenvalue weighted by Crippen LogP contribution is -2.22. The van der Waals surface area contributed by atoms with Crippen molar-refractivity contribution < 1.29 is 9.36 Å². The van der Waals surface area contributed by atoms with Crippen LogP contribution in [0, 0.1) is 0 Å². The monoisotopic (exact) mass is 382 g/mol. The molecular formula is C25H19O2P. The van der Waals surface area contributed by atoms with Gasteiger partial charge in [-0.15, -0.1) is 0 Å². The highest BCUT2D eigenvalue weighted by Crippen LogP contribution is 2.46. The second-order valence-corrected chi connectivity index (χ2v) is 9.19. The Kier molecular flexibility index (Phi) is 5.06. The molecule has 0 saturated heterocycles. The number of hydrogen-bond acceptors (Lipinski definition) is 2. The third-order valence-electron chi connectivity index (χ3n) is 4.76. The van der Waals surface area contributed by atoms with E-state index in [1.54, 1.807) is 36.4 Å². The Morgan fingerprint density at radius 2 is 0.893 bits per heavy atom. The molecule has 0 N–H and O–H groups in total. The number of carbonyl (C=O) groups excluding carboxylic acids is 1. The minimum atomic E-state index is -3.46. The Bertz CT molecular complexity index is 1080. The molecule has 0 aromatic heterocycles. The van der Waals surface area contributed by atoms with Crippen LogP contribution in [-0.2, 0) is 4.57 Å². The molecule has 0 fully saturated rings. The molecule has 0 amide bonds. The molecule has 4 rings (SSSR count). The van der Waals surface area contributed by atoms with E-state index in [9.17, 15) is 9.36 Å². The molecular weight excluding hydrogens is 363 g/mol. The van der Waals surface area contributed by atoms with Crippen LogP contribution in [0.25, 0.3) is 11.1 Å². The predicted molar refractivity (Wildman–Crippen MR) is 116 cm³/mol. The van der Waals surface area contributed by atoms with Crippen molar-refractivity contribution in [3.63, 3.8) is 0 Å². The Balaban J connectivity index is 1.78.